The second-order valence-electron chi connectivity index (χ2n) is 9.79. The number of aromatic nitrogens is 4. The summed E-state index contributed by atoms with van der Waals surface area (Å²) in [6.45, 7) is 3.99. The fourth-order valence-electron chi connectivity index (χ4n) is 4.83. The van der Waals surface area contributed by atoms with Gasteiger partial charge in [-0.25, -0.2) is 14.8 Å². The van der Waals surface area contributed by atoms with Crippen molar-refractivity contribution in [3.05, 3.63) is 48.4 Å². The Bertz CT molecular complexity index is 1270. The predicted octanol–water partition coefficient (Wildman–Crippen LogP) is 4.51. The van der Waals surface area contributed by atoms with E-state index in [1.807, 2.05) is 18.2 Å². The number of hydrogen-bond acceptors (Lipinski definition) is 8. The third-order valence-electron chi connectivity index (χ3n) is 7.11. The molecule has 37 heavy (non-hydrogen) atoms. The van der Waals surface area contributed by atoms with Gasteiger partial charge in [0.15, 0.2) is 5.82 Å². The summed E-state index contributed by atoms with van der Waals surface area (Å²) in [4.78, 5) is 24.3. The Hall–Kier alpha value is -3.19. The van der Waals surface area contributed by atoms with E-state index < -0.39 is 15.3 Å². The van der Waals surface area contributed by atoms with Crippen molar-refractivity contribution in [2.24, 2.45) is 7.05 Å². The number of carbonyl (C=O) groups is 1. The standard InChI is InChI=1S/C25H33N7O4S/c1-17-16-36-12-11-32(17)22-13-21(25(9-4-10-25)37(3,34)35)29-23(30-22)18-5-7-19(8-6-18)27-24(33)28-20-14-26-31(2)15-20/h5-8,13-15,17,34-35H,4,9-12,16H2,1-3H3,(H2,27,28,33)/t17-/m0/s1. The first-order valence-corrected chi connectivity index (χ1v) is 14.2. The van der Waals surface area contributed by atoms with Crippen molar-refractivity contribution in [3.63, 3.8) is 0 Å². The van der Waals surface area contributed by atoms with Crippen LogP contribution in [0.25, 0.3) is 11.4 Å². The molecule has 2 aliphatic rings. The number of carbonyl (C=O) groups excluding carboxylic acids is 1. The van der Waals surface area contributed by atoms with E-state index in [1.165, 1.54) is 6.26 Å². The summed E-state index contributed by atoms with van der Waals surface area (Å²) in [5.74, 6) is 1.26. The van der Waals surface area contributed by atoms with Gasteiger partial charge in [-0.2, -0.15) is 15.7 Å². The quantitative estimate of drug-likeness (QED) is 0.368. The maximum absolute atomic E-state index is 12.3. The van der Waals surface area contributed by atoms with Gasteiger partial charge in [-0.05, 0) is 50.5 Å². The third kappa shape index (κ3) is 5.14. The fraction of sp³-hybridized carbons (Fsp3) is 0.440. The van der Waals surface area contributed by atoms with E-state index in [-0.39, 0.29) is 12.1 Å². The Morgan fingerprint density at radius 1 is 1.16 bits per heavy atom. The molecule has 0 spiro atoms. The van der Waals surface area contributed by atoms with Crippen LogP contribution < -0.4 is 15.5 Å². The van der Waals surface area contributed by atoms with Crippen LogP contribution in [0.15, 0.2) is 42.7 Å². The Labute approximate surface area is 217 Å². The molecule has 4 N–H and O–H groups in total. The topological polar surface area (TPSA) is 138 Å². The van der Waals surface area contributed by atoms with Gasteiger partial charge in [-0.1, -0.05) is 0 Å². The summed E-state index contributed by atoms with van der Waals surface area (Å²) in [6.07, 6.45) is 7.07. The largest absolute Gasteiger partial charge is 0.377 e. The second kappa shape index (κ2) is 9.93. The van der Waals surface area contributed by atoms with Gasteiger partial charge >= 0.3 is 6.03 Å². The molecule has 1 atom stereocenters. The first-order chi connectivity index (χ1) is 17.6. The number of amides is 2. The number of morpholine rings is 1. The summed E-state index contributed by atoms with van der Waals surface area (Å²) in [5, 5.41) is 9.58. The van der Waals surface area contributed by atoms with Crippen LogP contribution >= 0.6 is 10.6 Å². The average Bonchev–Trinajstić information content (AvgIpc) is 3.22. The molecule has 1 saturated carbocycles. The lowest BCUT2D eigenvalue weighted by molar-refractivity contribution is 0.0985. The molecule has 1 aliphatic carbocycles. The van der Waals surface area contributed by atoms with Gasteiger partial charge in [0.2, 0.25) is 0 Å². The lowest BCUT2D eigenvalue weighted by Gasteiger charge is -2.53. The number of nitrogens with one attached hydrogen (secondary N) is 2. The minimum Gasteiger partial charge on any atom is -0.377 e. The van der Waals surface area contributed by atoms with Crippen LogP contribution in [0.4, 0.5) is 22.0 Å². The van der Waals surface area contributed by atoms with Gasteiger partial charge in [0.05, 0.1) is 36.8 Å². The molecule has 1 aliphatic heterocycles. The van der Waals surface area contributed by atoms with E-state index in [0.717, 1.165) is 17.8 Å². The highest BCUT2D eigenvalue weighted by molar-refractivity contribution is 8.24. The lowest BCUT2D eigenvalue weighted by Crippen LogP contribution is -2.45. The SMILES string of the molecule is C[C@H]1COCCN1c1cc(C2(S(C)(O)O)CCC2)nc(-c2ccc(NC(=O)Nc3cnn(C)c3)cc2)n1. The van der Waals surface area contributed by atoms with Crippen LogP contribution in [-0.4, -0.2) is 66.9 Å². The molecule has 198 valence electrons. The molecule has 2 fully saturated rings. The number of aryl methyl sites for hydroxylation is 1. The maximum Gasteiger partial charge on any atom is 0.323 e. The molecule has 1 aromatic carbocycles. The molecule has 3 heterocycles. The highest BCUT2D eigenvalue weighted by Crippen LogP contribution is 2.65. The smallest absolute Gasteiger partial charge is 0.323 e. The van der Waals surface area contributed by atoms with Crippen molar-refractivity contribution in [2.75, 3.05) is 41.5 Å². The van der Waals surface area contributed by atoms with Gasteiger partial charge in [0, 0.05) is 43.4 Å². The molecule has 2 amide bonds. The van der Waals surface area contributed by atoms with Crippen molar-refractivity contribution in [3.8, 4) is 11.4 Å². The van der Waals surface area contributed by atoms with Crippen LogP contribution in [0, 0.1) is 0 Å². The molecule has 1 saturated heterocycles. The predicted molar refractivity (Wildman–Crippen MR) is 145 cm³/mol. The van der Waals surface area contributed by atoms with E-state index in [2.05, 4.69) is 27.6 Å². The molecule has 0 unspecified atom stereocenters. The maximum atomic E-state index is 12.3. The van der Waals surface area contributed by atoms with Gasteiger partial charge in [0.1, 0.15) is 10.6 Å². The number of hydrogen-bond donors (Lipinski definition) is 4. The zero-order chi connectivity index (χ0) is 26.2. The Kier molecular flexibility index (Phi) is 6.84. The summed E-state index contributed by atoms with van der Waals surface area (Å²) < 4.78 is 28.0. The average molecular weight is 528 g/mol. The van der Waals surface area contributed by atoms with Gasteiger partial charge in [0.25, 0.3) is 0 Å². The van der Waals surface area contributed by atoms with Crippen molar-refractivity contribution in [2.45, 2.75) is 37.0 Å². The van der Waals surface area contributed by atoms with Crippen LogP contribution in [0.2, 0.25) is 0 Å². The van der Waals surface area contributed by atoms with Crippen molar-refractivity contribution >= 4 is 33.8 Å². The molecular weight excluding hydrogens is 494 g/mol. The first kappa shape index (κ1) is 25.5. The molecule has 5 rings (SSSR count). The molecule has 11 nitrogen and oxygen atoms in total. The van der Waals surface area contributed by atoms with E-state index in [1.54, 1.807) is 36.3 Å². The molecule has 3 aromatic rings. The minimum atomic E-state index is -2.88. The van der Waals surface area contributed by atoms with Crippen LogP contribution in [-0.2, 0) is 16.5 Å². The van der Waals surface area contributed by atoms with Crippen molar-refractivity contribution < 1.29 is 18.6 Å². The van der Waals surface area contributed by atoms with E-state index in [4.69, 9.17) is 14.7 Å². The molecule has 0 bridgehead atoms. The van der Waals surface area contributed by atoms with E-state index in [0.29, 0.717) is 55.5 Å². The van der Waals surface area contributed by atoms with Crippen LogP contribution in [0.3, 0.4) is 0 Å². The number of benzene rings is 1. The molecular formula is C25H33N7O4S. The normalized spacial score (nSPS) is 19.7. The van der Waals surface area contributed by atoms with Crippen molar-refractivity contribution in [1.82, 2.24) is 19.7 Å². The molecule has 0 radical (unpaired) electrons. The fourth-order valence-corrected chi connectivity index (χ4v) is 6.40. The summed E-state index contributed by atoms with van der Waals surface area (Å²) in [5.41, 5.74) is 2.64. The second-order valence-corrected chi connectivity index (χ2v) is 12.2. The van der Waals surface area contributed by atoms with Gasteiger partial charge in [-0.15, -0.1) is 0 Å². The van der Waals surface area contributed by atoms with Crippen molar-refractivity contribution in [1.29, 1.82) is 0 Å². The molecule has 2 aromatic heterocycles. The Balaban J connectivity index is 1.44. The first-order valence-electron chi connectivity index (χ1n) is 12.3. The highest BCUT2D eigenvalue weighted by Gasteiger charge is 2.49. The van der Waals surface area contributed by atoms with Gasteiger partial charge < -0.3 is 20.3 Å². The Morgan fingerprint density at radius 2 is 1.89 bits per heavy atom. The number of ether oxygens (including phenoxy) is 1. The zero-order valence-electron chi connectivity index (χ0n) is 21.2. The Morgan fingerprint density at radius 3 is 2.49 bits per heavy atom. The number of anilines is 3. The number of urea groups is 1. The summed E-state index contributed by atoms with van der Waals surface area (Å²) in [7, 11) is -1.10. The monoisotopic (exact) mass is 527 g/mol. The van der Waals surface area contributed by atoms with E-state index >= 15 is 0 Å². The van der Waals surface area contributed by atoms with Crippen LogP contribution in [0.1, 0.15) is 31.9 Å². The number of nitrogens with zero attached hydrogens (tertiary/aromatic N) is 5. The number of rotatable bonds is 6. The molecule has 12 heteroatoms. The lowest BCUT2D eigenvalue weighted by atomic mass is 9.81. The van der Waals surface area contributed by atoms with Gasteiger partial charge in [-0.3, -0.25) is 13.8 Å². The minimum absolute atomic E-state index is 0.133. The highest BCUT2D eigenvalue weighted by atomic mass is 32.3. The zero-order valence-corrected chi connectivity index (χ0v) is 22.0. The summed E-state index contributed by atoms with van der Waals surface area (Å²) >= 11 is 0. The third-order valence-corrected chi connectivity index (χ3v) is 9.20. The van der Waals surface area contributed by atoms with Crippen LogP contribution in [0.5, 0.6) is 0 Å². The summed E-state index contributed by atoms with van der Waals surface area (Å²) in [6, 6.07) is 8.96. The van der Waals surface area contributed by atoms with E-state index in [9.17, 15) is 13.9 Å².